The van der Waals surface area contributed by atoms with Crippen LogP contribution in [0.3, 0.4) is 0 Å². The van der Waals surface area contributed by atoms with Crippen molar-refractivity contribution in [2.75, 3.05) is 37.7 Å². The lowest BCUT2D eigenvalue weighted by Gasteiger charge is -2.37. The number of aliphatic hydroxyl groups is 1. The van der Waals surface area contributed by atoms with Crippen molar-refractivity contribution in [1.82, 2.24) is 9.80 Å². The van der Waals surface area contributed by atoms with Crippen LogP contribution in [-0.4, -0.2) is 88.0 Å². The number of unbranched alkanes of at least 4 members (excludes halogenated alkanes) is 3. The quantitative estimate of drug-likeness (QED) is 0.171. The standard InChI is InChI=1S/C31H41BrClN3O5/c1-4-15-34(16-5-2)28(38)24-25-29(39)36(18-9-7-8-10-19-37)27(31(25)20-23(32)26(24)41-31)30(40)35(17-6-3)22-13-11-21(33)12-14-22/h4,6,11-14,23-27,37H,1,3,5,7-10,15-20H2,2H3/t23?,24-,25+,26-,27?,31?/m1/s1. The molecule has 3 heterocycles. The predicted octanol–water partition coefficient (Wildman–Crippen LogP) is 4.58. The zero-order chi connectivity index (χ0) is 29.7. The molecule has 0 aliphatic carbocycles. The number of fused-ring (bicyclic) bond motifs is 1. The molecule has 224 valence electrons. The number of nitrogens with zero attached hydrogens (tertiary/aromatic N) is 3. The summed E-state index contributed by atoms with van der Waals surface area (Å²) in [5, 5.41) is 9.74. The molecule has 1 aromatic rings. The number of benzene rings is 1. The molecule has 3 amide bonds. The molecule has 0 saturated carbocycles. The Balaban J connectivity index is 1.74. The van der Waals surface area contributed by atoms with E-state index in [9.17, 15) is 19.5 Å². The highest BCUT2D eigenvalue weighted by Crippen LogP contribution is 2.60. The van der Waals surface area contributed by atoms with Gasteiger partial charge in [0.25, 0.3) is 5.91 Å². The van der Waals surface area contributed by atoms with Crippen molar-refractivity contribution in [2.45, 2.75) is 68.0 Å². The number of amides is 3. The van der Waals surface area contributed by atoms with E-state index in [1.807, 2.05) is 6.92 Å². The molecular weight excluding hydrogens is 610 g/mol. The second-order valence-corrected chi connectivity index (χ2v) is 12.7. The van der Waals surface area contributed by atoms with E-state index in [-0.39, 0.29) is 35.7 Å². The lowest BCUT2D eigenvalue weighted by atomic mass is 9.70. The maximum absolute atomic E-state index is 14.6. The number of halogens is 2. The SMILES string of the molecule is C=CCN(CCC)C(=O)[C@H]1[C@@H]2OC3(CC2Br)C(C(=O)N(CC=C)c2ccc(Cl)cc2)N(CCCCCCO)C(=O)[C@H]13. The van der Waals surface area contributed by atoms with Gasteiger partial charge in [-0.15, -0.1) is 13.2 Å². The summed E-state index contributed by atoms with van der Waals surface area (Å²) in [5.41, 5.74) is -0.485. The van der Waals surface area contributed by atoms with Gasteiger partial charge in [-0.25, -0.2) is 0 Å². The first-order valence-electron chi connectivity index (χ1n) is 14.6. The van der Waals surface area contributed by atoms with E-state index in [0.717, 1.165) is 19.3 Å². The summed E-state index contributed by atoms with van der Waals surface area (Å²) in [6.45, 7) is 11.4. The first-order valence-corrected chi connectivity index (χ1v) is 15.9. The number of carbonyl (C=O) groups is 3. The zero-order valence-electron chi connectivity index (χ0n) is 23.7. The number of likely N-dealkylation sites (tertiary alicyclic amines) is 1. The van der Waals surface area contributed by atoms with E-state index < -0.39 is 29.6 Å². The lowest BCUT2D eigenvalue weighted by Crippen LogP contribution is -2.57. The average molecular weight is 651 g/mol. The fourth-order valence-electron chi connectivity index (χ4n) is 6.83. The zero-order valence-corrected chi connectivity index (χ0v) is 26.1. The highest BCUT2D eigenvalue weighted by molar-refractivity contribution is 9.09. The number of ether oxygens (including phenoxy) is 1. The van der Waals surface area contributed by atoms with Crippen LogP contribution in [-0.2, 0) is 19.1 Å². The fraction of sp³-hybridized carbons (Fsp3) is 0.581. The molecule has 41 heavy (non-hydrogen) atoms. The number of carbonyl (C=O) groups excluding carboxylic acids is 3. The lowest BCUT2D eigenvalue weighted by molar-refractivity contribution is -0.145. The second-order valence-electron chi connectivity index (χ2n) is 11.1. The van der Waals surface area contributed by atoms with Crippen molar-refractivity contribution in [3.05, 3.63) is 54.6 Å². The van der Waals surface area contributed by atoms with Crippen molar-refractivity contribution >= 4 is 50.9 Å². The Morgan fingerprint density at radius 1 is 1.15 bits per heavy atom. The Kier molecular flexibility index (Phi) is 10.7. The van der Waals surface area contributed by atoms with Crippen molar-refractivity contribution in [3.8, 4) is 0 Å². The Hall–Kier alpha value is -2.20. The highest BCUT2D eigenvalue weighted by Gasteiger charge is 2.76. The molecule has 1 spiro atoms. The molecule has 3 fully saturated rings. The normalized spacial score (nSPS) is 28.0. The first-order chi connectivity index (χ1) is 19.7. The van der Waals surface area contributed by atoms with Crippen LogP contribution in [0.5, 0.6) is 0 Å². The highest BCUT2D eigenvalue weighted by atomic mass is 79.9. The first kappa shape index (κ1) is 31.7. The number of aliphatic hydroxyl groups excluding tert-OH is 1. The third-order valence-electron chi connectivity index (χ3n) is 8.49. The molecule has 0 radical (unpaired) electrons. The Morgan fingerprint density at radius 3 is 2.46 bits per heavy atom. The van der Waals surface area contributed by atoms with Gasteiger partial charge in [0.05, 0.1) is 17.9 Å². The van der Waals surface area contributed by atoms with Crippen LogP contribution in [0.1, 0.15) is 45.4 Å². The van der Waals surface area contributed by atoms with Crippen LogP contribution >= 0.6 is 27.5 Å². The monoisotopic (exact) mass is 649 g/mol. The predicted molar refractivity (Wildman–Crippen MR) is 164 cm³/mol. The Morgan fingerprint density at radius 2 is 1.83 bits per heavy atom. The van der Waals surface area contributed by atoms with Gasteiger partial charge >= 0.3 is 0 Å². The minimum Gasteiger partial charge on any atom is -0.396 e. The second kappa shape index (κ2) is 13.8. The van der Waals surface area contributed by atoms with E-state index in [1.165, 1.54) is 0 Å². The summed E-state index contributed by atoms with van der Waals surface area (Å²) in [7, 11) is 0. The van der Waals surface area contributed by atoms with E-state index in [1.54, 1.807) is 51.1 Å². The van der Waals surface area contributed by atoms with Crippen LogP contribution in [0.15, 0.2) is 49.6 Å². The molecule has 0 aromatic heterocycles. The number of alkyl halides is 1. The van der Waals surface area contributed by atoms with Gasteiger partial charge in [0, 0.05) is 48.3 Å². The van der Waals surface area contributed by atoms with Crippen molar-refractivity contribution < 1.29 is 24.2 Å². The third kappa shape index (κ3) is 6.01. The summed E-state index contributed by atoms with van der Waals surface area (Å²) < 4.78 is 6.69. The Labute approximate surface area is 256 Å². The fourth-order valence-corrected chi connectivity index (χ4v) is 7.90. The third-order valence-corrected chi connectivity index (χ3v) is 9.58. The summed E-state index contributed by atoms with van der Waals surface area (Å²) in [6, 6.07) is 6.11. The Bertz CT molecular complexity index is 1130. The van der Waals surface area contributed by atoms with Gasteiger partial charge in [-0.2, -0.15) is 0 Å². The van der Waals surface area contributed by atoms with E-state index in [2.05, 4.69) is 29.1 Å². The maximum atomic E-state index is 14.6. The average Bonchev–Trinajstić information content (AvgIpc) is 3.54. The van der Waals surface area contributed by atoms with Crippen molar-refractivity contribution in [1.29, 1.82) is 0 Å². The van der Waals surface area contributed by atoms with Gasteiger partial charge in [0.1, 0.15) is 11.6 Å². The number of rotatable bonds is 15. The van der Waals surface area contributed by atoms with Gasteiger partial charge in [-0.3, -0.25) is 14.4 Å². The maximum Gasteiger partial charge on any atom is 0.253 e. The number of hydrogen-bond donors (Lipinski definition) is 1. The summed E-state index contributed by atoms with van der Waals surface area (Å²) in [4.78, 5) is 47.8. The topological polar surface area (TPSA) is 90.4 Å². The molecular formula is C31H41BrClN3O5. The largest absolute Gasteiger partial charge is 0.396 e. The molecule has 6 atom stereocenters. The molecule has 2 bridgehead atoms. The summed E-state index contributed by atoms with van der Waals surface area (Å²) >= 11 is 9.89. The van der Waals surface area contributed by atoms with Crippen LogP contribution in [0, 0.1) is 11.8 Å². The molecule has 1 N–H and O–H groups in total. The molecule has 3 aliphatic rings. The minimum atomic E-state index is -1.13. The van der Waals surface area contributed by atoms with E-state index in [0.29, 0.717) is 49.6 Å². The summed E-state index contributed by atoms with van der Waals surface area (Å²) in [5.74, 6) is -2.03. The van der Waals surface area contributed by atoms with Crippen LogP contribution < -0.4 is 4.90 Å². The van der Waals surface area contributed by atoms with Crippen LogP contribution in [0.4, 0.5) is 5.69 Å². The van der Waals surface area contributed by atoms with Gasteiger partial charge in [-0.1, -0.05) is 59.4 Å². The van der Waals surface area contributed by atoms with Crippen molar-refractivity contribution in [2.24, 2.45) is 11.8 Å². The van der Waals surface area contributed by atoms with E-state index >= 15 is 0 Å². The minimum absolute atomic E-state index is 0.122. The van der Waals surface area contributed by atoms with Crippen LogP contribution in [0.2, 0.25) is 5.02 Å². The van der Waals surface area contributed by atoms with Gasteiger partial charge in [0.15, 0.2) is 0 Å². The molecule has 3 unspecified atom stereocenters. The molecule has 3 saturated heterocycles. The van der Waals surface area contributed by atoms with Gasteiger partial charge in [-0.05, 0) is 49.9 Å². The molecule has 10 heteroatoms. The van der Waals surface area contributed by atoms with Gasteiger partial charge < -0.3 is 24.5 Å². The molecule has 4 rings (SSSR count). The van der Waals surface area contributed by atoms with E-state index in [4.69, 9.17) is 16.3 Å². The van der Waals surface area contributed by atoms with Crippen LogP contribution in [0.25, 0.3) is 0 Å². The molecule has 1 aromatic carbocycles. The molecule has 8 nitrogen and oxygen atoms in total. The van der Waals surface area contributed by atoms with Gasteiger partial charge in [0.2, 0.25) is 11.8 Å². The smallest absolute Gasteiger partial charge is 0.253 e. The number of hydrogen-bond acceptors (Lipinski definition) is 5. The summed E-state index contributed by atoms with van der Waals surface area (Å²) in [6.07, 6.45) is 7.08. The number of anilines is 1. The van der Waals surface area contributed by atoms with Crippen molar-refractivity contribution in [3.63, 3.8) is 0 Å². The molecule has 3 aliphatic heterocycles.